The van der Waals surface area contributed by atoms with Crippen LogP contribution in [0, 0.1) is 0 Å². The van der Waals surface area contributed by atoms with Gasteiger partial charge in [-0.1, -0.05) is 6.07 Å². The van der Waals surface area contributed by atoms with Crippen molar-refractivity contribution in [3.05, 3.63) is 40.0 Å². The Hall–Kier alpha value is -2.19. The number of nitrogens with one attached hydrogen (secondary N) is 1. The second-order valence-corrected chi connectivity index (χ2v) is 7.40. The maximum atomic E-state index is 5.34. The van der Waals surface area contributed by atoms with Crippen molar-refractivity contribution in [3.63, 3.8) is 0 Å². The number of methoxy groups -OCH3 is 1. The highest BCUT2D eigenvalue weighted by atomic mass is 32.1. The predicted molar refractivity (Wildman–Crippen MR) is 117 cm³/mol. The topological polar surface area (TPSA) is 65.9 Å². The molecule has 0 aliphatic rings. The van der Waals surface area contributed by atoms with E-state index in [0.29, 0.717) is 13.1 Å². The summed E-state index contributed by atoms with van der Waals surface area (Å²) in [6, 6.07) is 4.18. The zero-order chi connectivity index (χ0) is 20.5. The quantitative estimate of drug-likeness (QED) is 0.511. The molecule has 0 aliphatic carbocycles. The summed E-state index contributed by atoms with van der Waals surface area (Å²) < 4.78 is 5.34. The summed E-state index contributed by atoms with van der Waals surface area (Å²) in [6.45, 7) is 9.56. The molecule has 1 N–H and O–H groups in total. The van der Waals surface area contributed by atoms with Crippen LogP contribution in [0.1, 0.15) is 43.1 Å². The van der Waals surface area contributed by atoms with Gasteiger partial charge in [0.1, 0.15) is 16.9 Å². The number of pyridine rings is 1. The van der Waals surface area contributed by atoms with Crippen LogP contribution in [-0.4, -0.2) is 55.1 Å². The van der Waals surface area contributed by atoms with Gasteiger partial charge in [0.25, 0.3) is 0 Å². The highest BCUT2D eigenvalue weighted by molar-refractivity contribution is 7.09. The van der Waals surface area contributed by atoms with Gasteiger partial charge >= 0.3 is 0 Å². The third kappa shape index (κ3) is 5.90. The molecule has 2 aromatic rings. The first kappa shape index (κ1) is 22.1. The maximum absolute atomic E-state index is 5.34. The minimum atomic E-state index is 0.0216. The lowest BCUT2D eigenvalue weighted by atomic mass is 10.2. The standard InChI is InChI=1S/C20H32N6OS/c1-7-26(8-2)18-10-9-16(11-22-18)12-23-20(21-4)25(5)13-17-14-28-19(24-17)15(3)27-6/h9-11,14-15H,7-8,12-13H2,1-6H3,(H,21,23). The highest BCUT2D eigenvalue weighted by Crippen LogP contribution is 2.21. The molecular formula is C20H32N6OS. The van der Waals surface area contributed by atoms with E-state index in [2.05, 4.69) is 61.4 Å². The molecule has 0 saturated carbocycles. The summed E-state index contributed by atoms with van der Waals surface area (Å²) in [5.41, 5.74) is 2.13. The van der Waals surface area contributed by atoms with Crippen LogP contribution in [0.4, 0.5) is 5.82 Å². The summed E-state index contributed by atoms with van der Waals surface area (Å²) in [5, 5.41) is 6.46. The first-order valence-electron chi connectivity index (χ1n) is 9.61. The number of rotatable bonds is 9. The Balaban J connectivity index is 1.92. The van der Waals surface area contributed by atoms with E-state index < -0.39 is 0 Å². The lowest BCUT2D eigenvalue weighted by Crippen LogP contribution is -2.38. The van der Waals surface area contributed by atoms with Gasteiger partial charge in [0.15, 0.2) is 5.96 Å². The fraction of sp³-hybridized carbons (Fsp3) is 0.550. The molecule has 0 spiro atoms. The average molecular weight is 405 g/mol. The third-order valence-corrected chi connectivity index (χ3v) is 5.65. The SMILES string of the molecule is CCN(CC)c1ccc(CNC(=NC)N(C)Cc2csc(C(C)OC)n2)cn1. The second-order valence-electron chi connectivity index (χ2n) is 6.51. The van der Waals surface area contributed by atoms with Gasteiger partial charge in [0.2, 0.25) is 0 Å². The molecule has 0 aromatic carbocycles. The molecule has 0 radical (unpaired) electrons. The summed E-state index contributed by atoms with van der Waals surface area (Å²) in [4.78, 5) is 17.9. The predicted octanol–water partition coefficient (Wildman–Crippen LogP) is 3.30. The Morgan fingerprint density at radius 2 is 2.07 bits per heavy atom. The molecule has 1 atom stereocenters. The van der Waals surface area contributed by atoms with Gasteiger partial charge in [-0.3, -0.25) is 4.99 Å². The number of hydrogen-bond donors (Lipinski definition) is 1. The Morgan fingerprint density at radius 3 is 2.64 bits per heavy atom. The molecule has 0 amide bonds. The van der Waals surface area contributed by atoms with Gasteiger partial charge in [-0.05, 0) is 32.4 Å². The molecule has 0 aliphatic heterocycles. The molecule has 2 heterocycles. The first-order valence-corrected chi connectivity index (χ1v) is 10.5. The first-order chi connectivity index (χ1) is 13.5. The van der Waals surface area contributed by atoms with Gasteiger partial charge in [-0.15, -0.1) is 11.3 Å². The van der Waals surface area contributed by atoms with Crippen LogP contribution in [-0.2, 0) is 17.8 Å². The zero-order valence-electron chi connectivity index (χ0n) is 17.8. The minimum Gasteiger partial charge on any atom is -0.375 e. The zero-order valence-corrected chi connectivity index (χ0v) is 18.6. The minimum absolute atomic E-state index is 0.0216. The molecule has 8 heteroatoms. The maximum Gasteiger partial charge on any atom is 0.194 e. The van der Waals surface area contributed by atoms with Crippen molar-refractivity contribution in [1.82, 2.24) is 20.2 Å². The van der Waals surface area contributed by atoms with Crippen molar-refractivity contribution in [1.29, 1.82) is 0 Å². The molecule has 1 unspecified atom stereocenters. The summed E-state index contributed by atoms with van der Waals surface area (Å²) in [6.07, 6.45) is 1.94. The van der Waals surface area contributed by atoms with Gasteiger partial charge in [0.05, 0.1) is 12.2 Å². The molecule has 2 aromatic heterocycles. The van der Waals surface area contributed by atoms with E-state index in [0.717, 1.165) is 41.1 Å². The summed E-state index contributed by atoms with van der Waals surface area (Å²) >= 11 is 1.63. The normalized spacial score (nSPS) is 12.7. The fourth-order valence-electron chi connectivity index (χ4n) is 2.82. The van der Waals surface area contributed by atoms with Gasteiger partial charge < -0.3 is 19.9 Å². The van der Waals surface area contributed by atoms with Gasteiger partial charge in [-0.2, -0.15) is 0 Å². The molecule has 154 valence electrons. The summed E-state index contributed by atoms with van der Waals surface area (Å²) in [5.74, 6) is 1.84. The summed E-state index contributed by atoms with van der Waals surface area (Å²) in [7, 11) is 5.50. The van der Waals surface area contributed by atoms with Crippen LogP contribution in [0.2, 0.25) is 0 Å². The number of guanidine groups is 1. The number of anilines is 1. The third-order valence-electron chi connectivity index (χ3n) is 4.59. The molecule has 28 heavy (non-hydrogen) atoms. The van der Waals surface area contributed by atoms with E-state index in [1.54, 1.807) is 25.5 Å². The van der Waals surface area contributed by atoms with E-state index in [1.807, 2.05) is 20.2 Å². The van der Waals surface area contributed by atoms with E-state index in [-0.39, 0.29) is 6.10 Å². The Morgan fingerprint density at radius 1 is 1.32 bits per heavy atom. The van der Waals surface area contributed by atoms with E-state index in [4.69, 9.17) is 4.74 Å². The molecule has 0 fully saturated rings. The lowest BCUT2D eigenvalue weighted by Gasteiger charge is -2.22. The van der Waals surface area contributed by atoms with Crippen LogP contribution in [0.5, 0.6) is 0 Å². The lowest BCUT2D eigenvalue weighted by molar-refractivity contribution is 0.119. The molecule has 0 saturated heterocycles. The van der Waals surface area contributed by atoms with E-state index >= 15 is 0 Å². The number of thiazole rings is 1. The number of aromatic nitrogens is 2. The smallest absolute Gasteiger partial charge is 0.194 e. The van der Waals surface area contributed by atoms with Crippen LogP contribution in [0.3, 0.4) is 0 Å². The Labute approximate surface area is 172 Å². The van der Waals surface area contributed by atoms with Gasteiger partial charge in [-0.25, -0.2) is 9.97 Å². The van der Waals surface area contributed by atoms with Crippen LogP contribution >= 0.6 is 11.3 Å². The number of nitrogens with zero attached hydrogens (tertiary/aromatic N) is 5. The highest BCUT2D eigenvalue weighted by Gasteiger charge is 2.13. The van der Waals surface area contributed by atoms with Crippen molar-refractivity contribution in [2.75, 3.05) is 39.2 Å². The van der Waals surface area contributed by atoms with Gasteiger partial charge in [0, 0.05) is 52.4 Å². The van der Waals surface area contributed by atoms with Crippen LogP contribution < -0.4 is 10.2 Å². The van der Waals surface area contributed by atoms with Crippen molar-refractivity contribution in [2.24, 2.45) is 4.99 Å². The van der Waals surface area contributed by atoms with Crippen molar-refractivity contribution < 1.29 is 4.74 Å². The Bertz CT molecular complexity index is 741. The average Bonchev–Trinajstić information content (AvgIpc) is 3.18. The molecule has 7 nitrogen and oxygen atoms in total. The monoisotopic (exact) mass is 404 g/mol. The Kier molecular flexibility index (Phi) is 8.66. The molecule has 0 bridgehead atoms. The number of aliphatic imine (C=N–C) groups is 1. The molecule has 2 rings (SSSR count). The second kappa shape index (κ2) is 11.0. The van der Waals surface area contributed by atoms with Crippen molar-refractivity contribution in [3.8, 4) is 0 Å². The number of hydrogen-bond acceptors (Lipinski definition) is 6. The number of ether oxygens (including phenoxy) is 1. The molecular weight excluding hydrogens is 372 g/mol. The van der Waals surface area contributed by atoms with Crippen molar-refractivity contribution in [2.45, 2.75) is 40.0 Å². The van der Waals surface area contributed by atoms with Crippen LogP contribution in [0.25, 0.3) is 0 Å². The largest absolute Gasteiger partial charge is 0.375 e. The van der Waals surface area contributed by atoms with Crippen molar-refractivity contribution >= 4 is 23.1 Å². The van der Waals surface area contributed by atoms with E-state index in [1.165, 1.54) is 0 Å². The van der Waals surface area contributed by atoms with Crippen LogP contribution in [0.15, 0.2) is 28.7 Å². The van der Waals surface area contributed by atoms with E-state index in [9.17, 15) is 0 Å². The fourth-order valence-corrected chi connectivity index (χ4v) is 3.66.